The van der Waals surface area contributed by atoms with Gasteiger partial charge in [-0.1, -0.05) is 18.2 Å². The number of benzene rings is 2. The van der Waals surface area contributed by atoms with Crippen LogP contribution in [0.3, 0.4) is 0 Å². The zero-order valence-corrected chi connectivity index (χ0v) is 17.1. The summed E-state index contributed by atoms with van der Waals surface area (Å²) in [5.74, 6) is -0.421. The molecule has 3 aromatic rings. The molecule has 0 aliphatic heterocycles. The Kier molecular flexibility index (Phi) is 6.76. The van der Waals surface area contributed by atoms with Crippen molar-refractivity contribution < 1.29 is 17.6 Å². The van der Waals surface area contributed by atoms with Gasteiger partial charge in [0.1, 0.15) is 5.82 Å². The molecule has 0 aliphatic carbocycles. The topological polar surface area (TPSA) is 91.4 Å². The van der Waals surface area contributed by atoms with Crippen LogP contribution in [-0.2, 0) is 23.1 Å². The average molecular weight is 428 g/mol. The number of aromatic nitrogens is 1. The van der Waals surface area contributed by atoms with Crippen molar-refractivity contribution in [2.75, 3.05) is 12.4 Å². The van der Waals surface area contributed by atoms with Gasteiger partial charge in [0.25, 0.3) is 0 Å². The van der Waals surface area contributed by atoms with Crippen LogP contribution in [0.25, 0.3) is 0 Å². The highest BCUT2D eigenvalue weighted by atomic mass is 32.2. The molecule has 2 amide bonds. The number of carbonyl (C=O) groups is 1. The SMILES string of the molecule is CN(Cc1cccc(F)c1)S(=O)(=O)c1ccc(NC(=O)NCc2cccnc2)cc1. The van der Waals surface area contributed by atoms with Gasteiger partial charge in [-0.15, -0.1) is 0 Å². The number of sulfonamides is 1. The largest absolute Gasteiger partial charge is 0.334 e. The van der Waals surface area contributed by atoms with Gasteiger partial charge in [-0.2, -0.15) is 4.31 Å². The van der Waals surface area contributed by atoms with Gasteiger partial charge in [-0.25, -0.2) is 17.6 Å². The fourth-order valence-corrected chi connectivity index (χ4v) is 3.89. The summed E-state index contributed by atoms with van der Waals surface area (Å²) >= 11 is 0. The van der Waals surface area contributed by atoms with Crippen LogP contribution in [0.2, 0.25) is 0 Å². The van der Waals surface area contributed by atoms with Crippen LogP contribution in [0.1, 0.15) is 11.1 Å². The van der Waals surface area contributed by atoms with Crippen molar-refractivity contribution in [3.8, 4) is 0 Å². The Hall–Kier alpha value is -3.30. The molecule has 30 heavy (non-hydrogen) atoms. The maximum Gasteiger partial charge on any atom is 0.319 e. The maximum absolute atomic E-state index is 13.3. The summed E-state index contributed by atoms with van der Waals surface area (Å²) in [6.45, 7) is 0.355. The van der Waals surface area contributed by atoms with Gasteiger partial charge in [0.05, 0.1) is 4.90 Å². The number of hydrogen-bond donors (Lipinski definition) is 2. The van der Waals surface area contributed by atoms with E-state index < -0.39 is 21.9 Å². The summed E-state index contributed by atoms with van der Waals surface area (Å²) in [6, 6.07) is 14.8. The molecule has 2 N–H and O–H groups in total. The number of hydrogen-bond acceptors (Lipinski definition) is 4. The number of carbonyl (C=O) groups excluding carboxylic acids is 1. The smallest absolute Gasteiger partial charge is 0.319 e. The Bertz CT molecular complexity index is 1110. The summed E-state index contributed by atoms with van der Waals surface area (Å²) in [4.78, 5) is 16.1. The number of urea groups is 1. The first kappa shape index (κ1) is 21.4. The molecule has 0 bridgehead atoms. The van der Waals surface area contributed by atoms with Crippen molar-refractivity contribution in [3.05, 3.63) is 90.0 Å². The van der Waals surface area contributed by atoms with Gasteiger partial charge < -0.3 is 10.6 Å². The monoisotopic (exact) mass is 428 g/mol. The van der Waals surface area contributed by atoms with Gasteiger partial charge in [-0.3, -0.25) is 4.98 Å². The van der Waals surface area contributed by atoms with E-state index in [1.807, 2.05) is 6.07 Å². The molecule has 9 heteroatoms. The normalized spacial score (nSPS) is 11.3. The van der Waals surface area contributed by atoms with Gasteiger partial charge in [0, 0.05) is 38.2 Å². The van der Waals surface area contributed by atoms with E-state index in [1.165, 1.54) is 49.5 Å². The molecule has 0 radical (unpaired) electrons. The third-order valence-corrected chi connectivity index (χ3v) is 6.11. The molecule has 0 unspecified atom stereocenters. The number of nitrogens with one attached hydrogen (secondary N) is 2. The van der Waals surface area contributed by atoms with Crippen LogP contribution >= 0.6 is 0 Å². The highest BCUT2D eigenvalue weighted by Gasteiger charge is 2.21. The third-order valence-electron chi connectivity index (χ3n) is 4.29. The van der Waals surface area contributed by atoms with E-state index in [0.717, 1.165) is 9.87 Å². The van der Waals surface area contributed by atoms with E-state index in [1.54, 1.807) is 24.5 Å². The lowest BCUT2D eigenvalue weighted by Gasteiger charge is -2.17. The third kappa shape index (κ3) is 5.62. The lowest BCUT2D eigenvalue weighted by Crippen LogP contribution is -2.28. The number of amides is 2. The van der Waals surface area contributed by atoms with Crippen molar-refractivity contribution in [1.82, 2.24) is 14.6 Å². The first-order chi connectivity index (χ1) is 14.3. The molecule has 1 aromatic heterocycles. The minimum absolute atomic E-state index is 0.0385. The standard InChI is InChI=1S/C21H21FN4O3S/c1-26(15-16-4-2-6-18(22)12-16)30(28,29)20-9-7-19(8-10-20)25-21(27)24-14-17-5-3-11-23-13-17/h2-13H,14-15H2,1H3,(H2,24,25,27). The molecule has 3 rings (SSSR count). The van der Waals surface area contributed by atoms with Crippen molar-refractivity contribution in [3.63, 3.8) is 0 Å². The fourth-order valence-electron chi connectivity index (χ4n) is 2.73. The summed E-state index contributed by atoms with van der Waals surface area (Å²) < 4.78 is 40.0. The van der Waals surface area contributed by atoms with Gasteiger partial charge in [0.2, 0.25) is 10.0 Å². The van der Waals surface area contributed by atoms with Crippen LogP contribution in [0, 0.1) is 5.82 Å². The summed E-state index contributed by atoms with van der Waals surface area (Å²) in [7, 11) is -2.34. The number of rotatable bonds is 7. The minimum Gasteiger partial charge on any atom is -0.334 e. The predicted octanol–water partition coefficient (Wildman–Crippen LogP) is 3.36. The molecule has 0 aliphatic rings. The van der Waals surface area contributed by atoms with Crippen molar-refractivity contribution in [2.24, 2.45) is 0 Å². The molecular formula is C21H21FN4O3S. The molecule has 2 aromatic carbocycles. The van der Waals surface area contributed by atoms with Crippen molar-refractivity contribution >= 4 is 21.7 Å². The van der Waals surface area contributed by atoms with Gasteiger partial charge >= 0.3 is 6.03 Å². The van der Waals surface area contributed by atoms with E-state index >= 15 is 0 Å². The van der Waals surface area contributed by atoms with Crippen LogP contribution in [0.15, 0.2) is 78.0 Å². The second-order valence-corrected chi connectivity index (χ2v) is 8.63. The maximum atomic E-state index is 13.3. The molecule has 0 atom stereocenters. The molecule has 1 heterocycles. The number of nitrogens with zero attached hydrogens (tertiary/aromatic N) is 2. The number of halogens is 1. The van der Waals surface area contributed by atoms with E-state index in [9.17, 15) is 17.6 Å². The van der Waals surface area contributed by atoms with Crippen LogP contribution in [0.5, 0.6) is 0 Å². The van der Waals surface area contributed by atoms with Crippen LogP contribution in [0.4, 0.5) is 14.9 Å². The Balaban J connectivity index is 1.60. The molecular weight excluding hydrogens is 407 g/mol. The van der Waals surface area contributed by atoms with Crippen molar-refractivity contribution in [1.29, 1.82) is 0 Å². The quantitative estimate of drug-likeness (QED) is 0.604. The highest BCUT2D eigenvalue weighted by molar-refractivity contribution is 7.89. The Morgan fingerprint density at radius 1 is 1.07 bits per heavy atom. The molecule has 156 valence electrons. The van der Waals surface area contributed by atoms with E-state index in [4.69, 9.17) is 0 Å². The predicted molar refractivity (Wildman–Crippen MR) is 112 cm³/mol. The zero-order chi connectivity index (χ0) is 21.6. The van der Waals surface area contributed by atoms with Crippen LogP contribution in [-0.4, -0.2) is 30.8 Å². The van der Waals surface area contributed by atoms with Crippen LogP contribution < -0.4 is 10.6 Å². The van der Waals surface area contributed by atoms with Crippen molar-refractivity contribution in [2.45, 2.75) is 18.0 Å². The fraction of sp³-hybridized carbons (Fsp3) is 0.143. The van der Waals surface area contributed by atoms with E-state index in [-0.39, 0.29) is 11.4 Å². The molecule has 0 saturated heterocycles. The Labute approximate surface area is 174 Å². The van der Waals surface area contributed by atoms with Gasteiger partial charge in [0.15, 0.2) is 0 Å². The average Bonchev–Trinajstić information content (AvgIpc) is 2.73. The number of anilines is 1. The zero-order valence-electron chi connectivity index (χ0n) is 16.2. The lowest BCUT2D eigenvalue weighted by molar-refractivity contribution is 0.251. The highest BCUT2D eigenvalue weighted by Crippen LogP contribution is 2.19. The first-order valence-electron chi connectivity index (χ1n) is 9.09. The molecule has 0 fully saturated rings. The van der Waals surface area contributed by atoms with E-state index in [0.29, 0.717) is 17.8 Å². The lowest BCUT2D eigenvalue weighted by atomic mass is 10.2. The Morgan fingerprint density at radius 3 is 2.47 bits per heavy atom. The Morgan fingerprint density at radius 2 is 1.80 bits per heavy atom. The second kappa shape index (κ2) is 9.47. The summed E-state index contributed by atoms with van der Waals surface area (Å²) in [5, 5.41) is 5.34. The molecule has 7 nitrogen and oxygen atoms in total. The van der Waals surface area contributed by atoms with E-state index in [2.05, 4.69) is 15.6 Å². The van der Waals surface area contributed by atoms with Gasteiger partial charge in [-0.05, 0) is 53.6 Å². The second-order valence-electron chi connectivity index (χ2n) is 6.58. The summed E-state index contributed by atoms with van der Waals surface area (Å²) in [6.07, 6.45) is 3.30. The first-order valence-corrected chi connectivity index (χ1v) is 10.5. The number of pyridine rings is 1. The summed E-state index contributed by atoms with van der Waals surface area (Å²) in [5.41, 5.74) is 1.85. The minimum atomic E-state index is -3.77. The molecule has 0 saturated carbocycles. The molecule has 0 spiro atoms.